The number of carbonyl (C=O) groups is 1. The average molecular weight is 444 g/mol. The monoisotopic (exact) mass is 444 g/mol. The molecule has 1 amide bonds. The number of hydrogen-bond acceptors (Lipinski definition) is 3. The standard InChI is InChI=1S/C16H24N6O.HI/c1-5-17-16(19-10-15(23)21(3)4)18-9-13-11-22-12(2)7-6-8-14(22)20-13;/h6-8,11H,5,9-10H2,1-4H3,(H2,17,18,19);1H. The molecule has 0 atom stereocenters. The number of nitrogens with zero attached hydrogens (tertiary/aromatic N) is 4. The van der Waals surface area contributed by atoms with E-state index in [0.29, 0.717) is 12.5 Å². The Balaban J connectivity index is 0.00000288. The minimum atomic E-state index is -0.000965. The molecule has 0 radical (unpaired) electrons. The van der Waals surface area contributed by atoms with Crippen LogP contribution in [0.4, 0.5) is 0 Å². The number of aryl methyl sites for hydroxylation is 1. The lowest BCUT2D eigenvalue weighted by molar-refractivity contribution is -0.127. The van der Waals surface area contributed by atoms with Gasteiger partial charge in [-0.3, -0.25) is 4.79 Å². The number of guanidine groups is 1. The fourth-order valence-corrected chi connectivity index (χ4v) is 2.09. The van der Waals surface area contributed by atoms with Crippen LogP contribution in [0.15, 0.2) is 29.4 Å². The first-order chi connectivity index (χ1) is 11.0. The molecule has 0 aromatic carbocycles. The van der Waals surface area contributed by atoms with Crippen molar-refractivity contribution in [2.45, 2.75) is 20.4 Å². The van der Waals surface area contributed by atoms with Crippen molar-refractivity contribution in [2.24, 2.45) is 4.99 Å². The molecule has 0 saturated carbocycles. The predicted octanol–water partition coefficient (Wildman–Crippen LogP) is 1.40. The summed E-state index contributed by atoms with van der Waals surface area (Å²) in [7, 11) is 3.46. The number of aromatic nitrogens is 2. The SMILES string of the molecule is CCNC(=NCc1cn2c(C)cccc2n1)NCC(=O)N(C)C.I. The van der Waals surface area contributed by atoms with Crippen LogP contribution in [0.2, 0.25) is 0 Å². The quantitative estimate of drug-likeness (QED) is 0.416. The normalized spacial score (nSPS) is 11.1. The van der Waals surface area contributed by atoms with Gasteiger partial charge in [0.2, 0.25) is 5.91 Å². The van der Waals surface area contributed by atoms with Crippen LogP contribution in [0.25, 0.3) is 5.65 Å². The van der Waals surface area contributed by atoms with E-state index >= 15 is 0 Å². The highest BCUT2D eigenvalue weighted by Gasteiger charge is 2.06. The molecule has 132 valence electrons. The number of fused-ring (bicyclic) bond motifs is 1. The molecule has 0 aliphatic rings. The number of pyridine rings is 1. The number of aliphatic imine (C=N–C) groups is 1. The van der Waals surface area contributed by atoms with Crippen LogP contribution >= 0.6 is 24.0 Å². The minimum absolute atomic E-state index is 0. The predicted molar refractivity (Wildman–Crippen MR) is 107 cm³/mol. The van der Waals surface area contributed by atoms with Crippen molar-refractivity contribution in [3.8, 4) is 0 Å². The van der Waals surface area contributed by atoms with Crippen LogP contribution in [-0.4, -0.2) is 53.3 Å². The van der Waals surface area contributed by atoms with Gasteiger partial charge in [-0.2, -0.15) is 0 Å². The number of likely N-dealkylation sites (N-methyl/N-ethyl adjacent to an activating group) is 1. The Morgan fingerprint density at radius 2 is 2.08 bits per heavy atom. The summed E-state index contributed by atoms with van der Waals surface area (Å²) in [6.45, 7) is 5.42. The topological polar surface area (TPSA) is 74.0 Å². The zero-order chi connectivity index (χ0) is 16.8. The molecule has 0 aliphatic heterocycles. The Hall–Kier alpha value is -1.84. The van der Waals surface area contributed by atoms with Crippen molar-refractivity contribution in [1.82, 2.24) is 24.9 Å². The van der Waals surface area contributed by atoms with Gasteiger partial charge in [-0.1, -0.05) is 6.07 Å². The van der Waals surface area contributed by atoms with Gasteiger partial charge >= 0.3 is 0 Å². The molecule has 7 nitrogen and oxygen atoms in total. The van der Waals surface area contributed by atoms with Crippen molar-refractivity contribution in [1.29, 1.82) is 0 Å². The third-order valence-corrected chi connectivity index (χ3v) is 3.40. The molecule has 0 saturated heterocycles. The van der Waals surface area contributed by atoms with Gasteiger partial charge in [0, 0.05) is 32.5 Å². The molecular formula is C16H25IN6O. The highest BCUT2D eigenvalue weighted by molar-refractivity contribution is 14.0. The van der Waals surface area contributed by atoms with Crippen molar-refractivity contribution in [2.75, 3.05) is 27.2 Å². The molecule has 2 heterocycles. The second-order valence-electron chi connectivity index (χ2n) is 5.46. The van der Waals surface area contributed by atoms with E-state index in [9.17, 15) is 4.79 Å². The summed E-state index contributed by atoms with van der Waals surface area (Å²) in [6.07, 6.45) is 1.99. The molecule has 0 aliphatic carbocycles. The van der Waals surface area contributed by atoms with E-state index in [-0.39, 0.29) is 36.4 Å². The highest BCUT2D eigenvalue weighted by Crippen LogP contribution is 2.09. The second kappa shape index (κ2) is 9.45. The maximum absolute atomic E-state index is 11.6. The lowest BCUT2D eigenvalue weighted by Gasteiger charge is -2.13. The average Bonchev–Trinajstić information content (AvgIpc) is 2.94. The summed E-state index contributed by atoms with van der Waals surface area (Å²) in [5.74, 6) is 0.607. The van der Waals surface area contributed by atoms with Crippen LogP contribution < -0.4 is 10.6 Å². The van der Waals surface area contributed by atoms with Gasteiger partial charge in [0.1, 0.15) is 5.65 Å². The molecule has 0 bridgehead atoms. The fourth-order valence-electron chi connectivity index (χ4n) is 2.09. The maximum Gasteiger partial charge on any atom is 0.241 e. The molecule has 0 unspecified atom stereocenters. The van der Waals surface area contributed by atoms with Gasteiger partial charge in [-0.05, 0) is 26.0 Å². The van der Waals surface area contributed by atoms with Crippen molar-refractivity contribution in [3.63, 3.8) is 0 Å². The van der Waals surface area contributed by atoms with Crippen LogP contribution in [0.3, 0.4) is 0 Å². The lowest BCUT2D eigenvalue weighted by Crippen LogP contribution is -2.42. The Labute approximate surface area is 159 Å². The van der Waals surface area contributed by atoms with Gasteiger partial charge in [0.05, 0.1) is 18.8 Å². The first-order valence-corrected chi connectivity index (χ1v) is 7.67. The van der Waals surface area contributed by atoms with Crippen LogP contribution in [0, 0.1) is 6.92 Å². The van der Waals surface area contributed by atoms with E-state index in [1.165, 1.54) is 0 Å². The fraction of sp³-hybridized carbons (Fsp3) is 0.438. The Morgan fingerprint density at radius 1 is 1.33 bits per heavy atom. The third-order valence-electron chi connectivity index (χ3n) is 3.40. The first kappa shape index (κ1) is 20.2. The largest absolute Gasteiger partial charge is 0.357 e. The number of halogens is 1. The number of nitrogens with one attached hydrogen (secondary N) is 2. The van der Waals surface area contributed by atoms with Crippen LogP contribution in [0.1, 0.15) is 18.3 Å². The van der Waals surface area contributed by atoms with Crippen LogP contribution in [0.5, 0.6) is 0 Å². The molecule has 2 rings (SSSR count). The number of carbonyl (C=O) groups excluding carboxylic acids is 1. The summed E-state index contributed by atoms with van der Waals surface area (Å²) in [5.41, 5.74) is 2.93. The van der Waals surface area contributed by atoms with Gasteiger partial charge in [-0.25, -0.2) is 9.98 Å². The van der Waals surface area contributed by atoms with Crippen molar-refractivity contribution >= 4 is 41.5 Å². The Kier molecular flexibility index (Phi) is 7.96. The molecule has 0 spiro atoms. The Morgan fingerprint density at radius 3 is 2.71 bits per heavy atom. The third kappa shape index (κ3) is 5.36. The van der Waals surface area contributed by atoms with Crippen LogP contribution in [-0.2, 0) is 11.3 Å². The van der Waals surface area contributed by atoms with Gasteiger partial charge in [0.25, 0.3) is 0 Å². The molecule has 24 heavy (non-hydrogen) atoms. The van der Waals surface area contributed by atoms with E-state index in [1.54, 1.807) is 19.0 Å². The van der Waals surface area contributed by atoms with E-state index < -0.39 is 0 Å². The molecular weight excluding hydrogens is 419 g/mol. The summed E-state index contributed by atoms with van der Waals surface area (Å²) in [5, 5.41) is 6.16. The Bertz CT molecular complexity index is 710. The summed E-state index contributed by atoms with van der Waals surface area (Å²) >= 11 is 0. The molecule has 2 aromatic heterocycles. The van der Waals surface area contributed by atoms with E-state index in [1.807, 2.05) is 42.6 Å². The maximum atomic E-state index is 11.6. The van der Waals surface area contributed by atoms with Crippen molar-refractivity contribution < 1.29 is 4.79 Å². The van der Waals surface area contributed by atoms with Gasteiger partial charge in [-0.15, -0.1) is 24.0 Å². The number of hydrogen-bond donors (Lipinski definition) is 2. The number of amides is 1. The minimum Gasteiger partial charge on any atom is -0.357 e. The smallest absolute Gasteiger partial charge is 0.241 e. The lowest BCUT2D eigenvalue weighted by atomic mass is 10.4. The molecule has 2 N–H and O–H groups in total. The van der Waals surface area contributed by atoms with E-state index in [4.69, 9.17) is 0 Å². The van der Waals surface area contributed by atoms with Crippen molar-refractivity contribution in [3.05, 3.63) is 35.8 Å². The molecule has 0 fully saturated rings. The molecule has 8 heteroatoms. The number of imidazole rings is 1. The zero-order valence-electron chi connectivity index (χ0n) is 14.5. The summed E-state index contributed by atoms with van der Waals surface area (Å²) in [4.78, 5) is 22.2. The number of rotatable bonds is 5. The zero-order valence-corrected chi connectivity index (χ0v) is 16.9. The second-order valence-corrected chi connectivity index (χ2v) is 5.46. The van der Waals surface area contributed by atoms with E-state index in [2.05, 4.69) is 20.6 Å². The summed E-state index contributed by atoms with van der Waals surface area (Å²) in [6, 6.07) is 6.00. The summed E-state index contributed by atoms with van der Waals surface area (Å²) < 4.78 is 2.04. The van der Waals surface area contributed by atoms with Gasteiger partial charge in [0.15, 0.2) is 5.96 Å². The van der Waals surface area contributed by atoms with Gasteiger partial charge < -0.3 is 19.9 Å². The van der Waals surface area contributed by atoms with E-state index in [0.717, 1.165) is 23.6 Å². The first-order valence-electron chi connectivity index (χ1n) is 7.67. The highest BCUT2D eigenvalue weighted by atomic mass is 127. The molecule has 2 aromatic rings.